The standard InChI is InChI=1S/C27H31N5O2S/c1-4-30(20-12-6-5-7-13-20)24(33)17-35-27-29-28-26-31(22-16-10-11-18(2)19(22)3)25(34)21-14-8-9-15-23(21)32(26)27/h8-11,14-16,20H,4-7,12-13,17H2,1-3H3. The highest BCUT2D eigenvalue weighted by molar-refractivity contribution is 7.99. The molecule has 1 amide bonds. The summed E-state index contributed by atoms with van der Waals surface area (Å²) >= 11 is 1.39. The first-order valence-corrected chi connectivity index (χ1v) is 13.4. The van der Waals surface area contributed by atoms with Crippen LogP contribution in [0.15, 0.2) is 52.4 Å². The van der Waals surface area contributed by atoms with Gasteiger partial charge in [-0.05, 0) is 62.9 Å². The maximum absolute atomic E-state index is 13.6. The van der Waals surface area contributed by atoms with Gasteiger partial charge in [0.15, 0.2) is 5.16 Å². The van der Waals surface area contributed by atoms with Crippen LogP contribution in [0, 0.1) is 13.8 Å². The molecule has 0 spiro atoms. The van der Waals surface area contributed by atoms with E-state index in [0.717, 1.165) is 41.7 Å². The van der Waals surface area contributed by atoms with Gasteiger partial charge in [0, 0.05) is 12.6 Å². The third-order valence-electron chi connectivity index (χ3n) is 7.21. The van der Waals surface area contributed by atoms with Gasteiger partial charge in [0.05, 0.1) is 22.3 Å². The van der Waals surface area contributed by atoms with E-state index in [1.165, 1.54) is 31.0 Å². The third kappa shape index (κ3) is 4.24. The Morgan fingerprint density at radius 1 is 1.06 bits per heavy atom. The molecular formula is C27H31N5O2S. The number of fused-ring (bicyclic) bond motifs is 3. The minimum absolute atomic E-state index is 0.128. The van der Waals surface area contributed by atoms with Crippen molar-refractivity contribution in [1.29, 1.82) is 0 Å². The predicted molar refractivity (Wildman–Crippen MR) is 141 cm³/mol. The summed E-state index contributed by atoms with van der Waals surface area (Å²) in [6.07, 6.45) is 5.82. The summed E-state index contributed by atoms with van der Waals surface area (Å²) in [4.78, 5) is 28.8. The van der Waals surface area contributed by atoms with Gasteiger partial charge in [-0.2, -0.15) is 0 Å². The molecule has 0 unspecified atom stereocenters. The Bertz CT molecular complexity index is 1450. The van der Waals surface area contributed by atoms with Crippen molar-refractivity contribution < 1.29 is 4.79 Å². The number of amides is 1. The fourth-order valence-electron chi connectivity index (χ4n) is 5.21. The lowest BCUT2D eigenvalue weighted by Gasteiger charge is -2.33. The number of rotatable bonds is 6. The highest BCUT2D eigenvalue weighted by Crippen LogP contribution is 2.27. The van der Waals surface area contributed by atoms with E-state index < -0.39 is 0 Å². The van der Waals surface area contributed by atoms with Gasteiger partial charge in [-0.25, -0.2) is 4.57 Å². The average Bonchev–Trinajstić information content (AvgIpc) is 3.30. The second-order valence-corrected chi connectivity index (χ2v) is 10.2. The summed E-state index contributed by atoms with van der Waals surface area (Å²) in [5.74, 6) is 0.882. The maximum Gasteiger partial charge on any atom is 0.267 e. The van der Waals surface area contributed by atoms with Crippen LogP contribution in [0.4, 0.5) is 0 Å². The van der Waals surface area contributed by atoms with Crippen LogP contribution in [-0.2, 0) is 4.79 Å². The van der Waals surface area contributed by atoms with E-state index in [9.17, 15) is 9.59 Å². The van der Waals surface area contributed by atoms with E-state index in [2.05, 4.69) is 17.1 Å². The first kappa shape index (κ1) is 23.6. The summed E-state index contributed by atoms with van der Waals surface area (Å²) in [6.45, 7) is 6.82. The van der Waals surface area contributed by atoms with Gasteiger partial charge in [-0.1, -0.05) is 55.3 Å². The summed E-state index contributed by atoms with van der Waals surface area (Å²) in [7, 11) is 0. The Balaban J connectivity index is 1.57. The van der Waals surface area contributed by atoms with Crippen molar-refractivity contribution in [2.45, 2.75) is 64.1 Å². The molecule has 1 aliphatic rings. The van der Waals surface area contributed by atoms with Crippen molar-refractivity contribution in [3.8, 4) is 5.69 Å². The third-order valence-corrected chi connectivity index (χ3v) is 8.13. The highest BCUT2D eigenvalue weighted by atomic mass is 32.2. The minimum Gasteiger partial charge on any atom is -0.339 e. The van der Waals surface area contributed by atoms with Gasteiger partial charge in [-0.15, -0.1) is 10.2 Å². The molecule has 5 rings (SSSR count). The van der Waals surface area contributed by atoms with Crippen molar-refractivity contribution in [2.75, 3.05) is 12.3 Å². The molecule has 182 valence electrons. The predicted octanol–water partition coefficient (Wildman–Crippen LogP) is 4.92. The van der Waals surface area contributed by atoms with Gasteiger partial charge in [-0.3, -0.25) is 14.0 Å². The van der Waals surface area contributed by atoms with Crippen molar-refractivity contribution in [3.05, 3.63) is 63.9 Å². The molecule has 1 fully saturated rings. The quantitative estimate of drug-likeness (QED) is 0.359. The number of carbonyl (C=O) groups excluding carboxylic acids is 1. The first-order chi connectivity index (χ1) is 17.0. The second kappa shape index (κ2) is 9.85. The molecule has 0 saturated heterocycles. The van der Waals surface area contributed by atoms with Crippen molar-refractivity contribution in [1.82, 2.24) is 24.1 Å². The molecule has 0 N–H and O–H groups in total. The van der Waals surface area contributed by atoms with Gasteiger partial charge < -0.3 is 4.90 Å². The number of hydrogen-bond acceptors (Lipinski definition) is 5. The van der Waals surface area contributed by atoms with E-state index in [0.29, 0.717) is 28.1 Å². The number of hydrogen-bond donors (Lipinski definition) is 0. The molecule has 8 heteroatoms. The number of benzene rings is 2. The molecule has 0 radical (unpaired) electrons. The molecule has 7 nitrogen and oxygen atoms in total. The normalized spacial score (nSPS) is 14.6. The fraction of sp³-hybridized carbons (Fsp3) is 0.407. The molecule has 2 aromatic carbocycles. The molecule has 0 atom stereocenters. The van der Waals surface area contributed by atoms with E-state index in [4.69, 9.17) is 0 Å². The zero-order valence-corrected chi connectivity index (χ0v) is 21.3. The Morgan fingerprint density at radius 3 is 2.60 bits per heavy atom. The number of para-hydroxylation sites is 1. The molecule has 4 aromatic rings. The minimum atomic E-state index is -0.128. The zero-order chi connectivity index (χ0) is 24.5. The molecular weight excluding hydrogens is 458 g/mol. The molecule has 1 aliphatic carbocycles. The Morgan fingerprint density at radius 2 is 1.83 bits per heavy atom. The lowest BCUT2D eigenvalue weighted by molar-refractivity contribution is -0.131. The number of thioether (sulfide) groups is 1. The van der Waals surface area contributed by atoms with Crippen LogP contribution in [0.5, 0.6) is 0 Å². The number of carbonyl (C=O) groups is 1. The topological polar surface area (TPSA) is 72.5 Å². The second-order valence-electron chi connectivity index (χ2n) is 9.25. The van der Waals surface area contributed by atoms with E-state index in [-0.39, 0.29) is 11.5 Å². The molecule has 1 saturated carbocycles. The molecule has 2 heterocycles. The van der Waals surface area contributed by atoms with Crippen molar-refractivity contribution >= 4 is 34.3 Å². The Hall–Kier alpha value is -3.13. The van der Waals surface area contributed by atoms with Crippen molar-refractivity contribution in [2.24, 2.45) is 0 Å². The van der Waals surface area contributed by atoms with E-state index in [1.807, 2.05) is 65.6 Å². The molecule has 0 aliphatic heterocycles. The zero-order valence-electron chi connectivity index (χ0n) is 20.5. The SMILES string of the molecule is CCN(C(=O)CSc1nnc2n(-c3cccc(C)c3C)c(=O)c3ccccc3n12)C1CCCCC1. The van der Waals surface area contributed by atoms with Crippen LogP contribution in [0.2, 0.25) is 0 Å². The maximum atomic E-state index is 13.6. The van der Waals surface area contributed by atoms with Gasteiger partial charge >= 0.3 is 0 Å². The van der Waals surface area contributed by atoms with Crippen LogP contribution in [0.1, 0.15) is 50.2 Å². The highest BCUT2D eigenvalue weighted by Gasteiger charge is 2.25. The largest absolute Gasteiger partial charge is 0.339 e. The average molecular weight is 490 g/mol. The Labute approximate surface area is 209 Å². The smallest absolute Gasteiger partial charge is 0.267 e. The summed E-state index contributed by atoms with van der Waals surface area (Å²) in [6, 6.07) is 13.8. The lowest BCUT2D eigenvalue weighted by atomic mass is 9.94. The van der Waals surface area contributed by atoms with E-state index in [1.54, 1.807) is 4.57 Å². The molecule has 35 heavy (non-hydrogen) atoms. The number of aryl methyl sites for hydroxylation is 1. The number of nitrogens with zero attached hydrogens (tertiary/aromatic N) is 5. The molecule has 2 aromatic heterocycles. The first-order valence-electron chi connectivity index (χ1n) is 12.4. The molecule has 0 bridgehead atoms. The van der Waals surface area contributed by atoms with Crippen LogP contribution in [-0.4, -0.2) is 48.3 Å². The monoisotopic (exact) mass is 489 g/mol. The fourth-order valence-corrected chi connectivity index (χ4v) is 6.03. The van der Waals surface area contributed by atoms with Crippen LogP contribution < -0.4 is 5.56 Å². The van der Waals surface area contributed by atoms with Crippen molar-refractivity contribution in [3.63, 3.8) is 0 Å². The summed E-state index contributed by atoms with van der Waals surface area (Å²) < 4.78 is 3.55. The van der Waals surface area contributed by atoms with Crippen LogP contribution in [0.25, 0.3) is 22.4 Å². The number of aromatic nitrogens is 4. The summed E-state index contributed by atoms with van der Waals surface area (Å²) in [5, 5.41) is 10.1. The van der Waals surface area contributed by atoms with Gasteiger partial charge in [0.2, 0.25) is 11.7 Å². The lowest BCUT2D eigenvalue weighted by Crippen LogP contribution is -2.42. The van der Waals surface area contributed by atoms with E-state index >= 15 is 0 Å². The van der Waals surface area contributed by atoms with Crippen LogP contribution in [0.3, 0.4) is 0 Å². The summed E-state index contributed by atoms with van der Waals surface area (Å²) in [5.41, 5.74) is 3.53. The Kier molecular flexibility index (Phi) is 6.65. The van der Waals surface area contributed by atoms with Crippen LogP contribution >= 0.6 is 11.8 Å². The van der Waals surface area contributed by atoms with Gasteiger partial charge in [0.25, 0.3) is 5.56 Å². The van der Waals surface area contributed by atoms with Gasteiger partial charge in [0.1, 0.15) is 0 Å².